The van der Waals surface area contributed by atoms with Crippen LogP contribution >= 0.6 is 34.8 Å². The molecule has 0 aromatic heterocycles. The van der Waals surface area contributed by atoms with Crippen LogP contribution in [-0.2, 0) is 6.54 Å². The Morgan fingerprint density at radius 1 is 1.10 bits per heavy atom. The molecule has 106 valence electrons. The first kappa shape index (κ1) is 15.5. The number of phenols is 1. The van der Waals surface area contributed by atoms with Gasteiger partial charge >= 0.3 is 0 Å². The first-order chi connectivity index (χ1) is 9.49. The molecule has 0 spiro atoms. The normalized spacial score (nSPS) is 12.4. The molecule has 20 heavy (non-hydrogen) atoms. The first-order valence-corrected chi connectivity index (χ1v) is 7.27. The van der Waals surface area contributed by atoms with Crippen molar-refractivity contribution in [2.24, 2.45) is 0 Å². The number of hydrogen-bond acceptors (Lipinski definition) is 2. The lowest BCUT2D eigenvalue weighted by atomic mass is 10.1. The lowest BCUT2D eigenvalue weighted by molar-refractivity contribution is 0.460. The van der Waals surface area contributed by atoms with E-state index in [1.54, 1.807) is 6.07 Å². The smallest absolute Gasteiger partial charge is 0.138 e. The summed E-state index contributed by atoms with van der Waals surface area (Å²) < 4.78 is 0. The maximum Gasteiger partial charge on any atom is 0.138 e. The average molecular weight is 331 g/mol. The Balaban J connectivity index is 2.11. The van der Waals surface area contributed by atoms with Gasteiger partial charge in [-0.05, 0) is 30.7 Å². The predicted molar refractivity (Wildman–Crippen MR) is 84.8 cm³/mol. The number of benzene rings is 2. The number of nitrogens with one attached hydrogen (secondary N) is 1. The van der Waals surface area contributed by atoms with Gasteiger partial charge in [-0.3, -0.25) is 0 Å². The SMILES string of the molecule is C[C@H](NCc1cc(Cl)cc(Cl)c1O)c1ccccc1Cl. The van der Waals surface area contributed by atoms with E-state index < -0.39 is 0 Å². The van der Waals surface area contributed by atoms with Gasteiger partial charge in [0, 0.05) is 28.2 Å². The van der Waals surface area contributed by atoms with Crippen LogP contribution in [0, 0.1) is 0 Å². The van der Waals surface area contributed by atoms with Gasteiger partial charge in [0.1, 0.15) is 5.75 Å². The molecule has 0 unspecified atom stereocenters. The van der Waals surface area contributed by atoms with Crippen LogP contribution in [0.2, 0.25) is 15.1 Å². The number of rotatable bonds is 4. The monoisotopic (exact) mass is 329 g/mol. The quantitative estimate of drug-likeness (QED) is 0.807. The van der Waals surface area contributed by atoms with Crippen LogP contribution in [-0.4, -0.2) is 5.11 Å². The van der Waals surface area contributed by atoms with Crippen molar-refractivity contribution in [3.8, 4) is 5.75 Å². The highest BCUT2D eigenvalue weighted by molar-refractivity contribution is 6.35. The zero-order valence-corrected chi connectivity index (χ0v) is 13.1. The van der Waals surface area contributed by atoms with Gasteiger partial charge in [0.2, 0.25) is 0 Å². The lowest BCUT2D eigenvalue weighted by Crippen LogP contribution is -2.18. The minimum Gasteiger partial charge on any atom is -0.506 e. The standard InChI is InChI=1S/C15H14Cl3NO/c1-9(12-4-2-3-5-13(12)17)19-8-10-6-11(16)7-14(18)15(10)20/h2-7,9,19-20H,8H2,1H3/t9-/m0/s1. The molecule has 0 amide bonds. The van der Waals surface area contributed by atoms with Crippen molar-refractivity contribution >= 4 is 34.8 Å². The summed E-state index contributed by atoms with van der Waals surface area (Å²) in [6, 6.07) is 10.9. The van der Waals surface area contributed by atoms with E-state index in [0.29, 0.717) is 22.2 Å². The molecule has 2 nitrogen and oxygen atoms in total. The number of hydrogen-bond donors (Lipinski definition) is 2. The second-order valence-corrected chi connectivity index (χ2v) is 5.77. The summed E-state index contributed by atoms with van der Waals surface area (Å²) in [5, 5.41) is 14.6. The minimum atomic E-state index is 0.0425. The topological polar surface area (TPSA) is 32.3 Å². The van der Waals surface area contributed by atoms with E-state index >= 15 is 0 Å². The van der Waals surface area contributed by atoms with Crippen LogP contribution in [0.1, 0.15) is 24.1 Å². The summed E-state index contributed by atoms with van der Waals surface area (Å²) in [5.74, 6) is 0.0509. The summed E-state index contributed by atoms with van der Waals surface area (Å²) in [6.07, 6.45) is 0. The third-order valence-corrected chi connectivity index (χ3v) is 3.93. The Hall–Kier alpha value is -0.930. The minimum absolute atomic E-state index is 0.0425. The molecule has 1 atom stereocenters. The molecule has 2 aromatic carbocycles. The van der Waals surface area contributed by atoms with Crippen molar-refractivity contribution in [1.29, 1.82) is 0 Å². The van der Waals surface area contributed by atoms with Crippen molar-refractivity contribution in [3.05, 3.63) is 62.6 Å². The molecule has 0 saturated carbocycles. The molecule has 2 N–H and O–H groups in total. The third kappa shape index (κ3) is 3.58. The molecule has 0 radical (unpaired) electrons. The molecular weight excluding hydrogens is 317 g/mol. The second-order valence-electron chi connectivity index (χ2n) is 4.52. The van der Waals surface area contributed by atoms with Crippen LogP contribution in [0.25, 0.3) is 0 Å². The summed E-state index contributed by atoms with van der Waals surface area (Å²) in [4.78, 5) is 0. The molecule has 5 heteroatoms. The second kappa shape index (κ2) is 6.68. The molecular formula is C15H14Cl3NO. The molecule has 2 rings (SSSR count). The molecule has 2 aromatic rings. The zero-order chi connectivity index (χ0) is 14.7. The molecule has 0 aliphatic heterocycles. The molecule has 0 bridgehead atoms. The van der Waals surface area contributed by atoms with Crippen LogP contribution in [0.15, 0.2) is 36.4 Å². The van der Waals surface area contributed by atoms with Gasteiger partial charge in [-0.15, -0.1) is 0 Å². The number of phenolic OH excluding ortho intramolecular Hbond substituents is 1. The molecule has 0 saturated heterocycles. The summed E-state index contributed by atoms with van der Waals surface area (Å²) in [5.41, 5.74) is 1.66. The first-order valence-electron chi connectivity index (χ1n) is 6.13. The van der Waals surface area contributed by atoms with E-state index in [-0.39, 0.29) is 16.8 Å². The Kier molecular flexibility index (Phi) is 5.17. The summed E-state index contributed by atoms with van der Waals surface area (Å²) in [7, 11) is 0. The van der Waals surface area contributed by atoms with Crippen LogP contribution in [0.3, 0.4) is 0 Å². The zero-order valence-electron chi connectivity index (χ0n) is 10.8. The predicted octanol–water partition coefficient (Wildman–Crippen LogP) is 5.20. The molecule has 0 aliphatic carbocycles. The van der Waals surface area contributed by atoms with E-state index in [4.69, 9.17) is 34.8 Å². The molecule has 0 fully saturated rings. The van der Waals surface area contributed by atoms with E-state index in [1.807, 2.05) is 31.2 Å². The van der Waals surface area contributed by atoms with Crippen molar-refractivity contribution in [2.45, 2.75) is 19.5 Å². The van der Waals surface area contributed by atoms with Crippen molar-refractivity contribution < 1.29 is 5.11 Å². The van der Waals surface area contributed by atoms with Gasteiger partial charge in [-0.1, -0.05) is 53.0 Å². The summed E-state index contributed by atoms with van der Waals surface area (Å²) >= 11 is 18.0. The highest BCUT2D eigenvalue weighted by Crippen LogP contribution is 2.31. The maximum atomic E-state index is 9.90. The fourth-order valence-corrected chi connectivity index (χ4v) is 2.79. The average Bonchev–Trinajstić information content (AvgIpc) is 2.41. The highest BCUT2D eigenvalue weighted by Gasteiger charge is 2.12. The van der Waals surface area contributed by atoms with E-state index in [1.165, 1.54) is 6.07 Å². The largest absolute Gasteiger partial charge is 0.506 e. The van der Waals surface area contributed by atoms with E-state index in [9.17, 15) is 5.11 Å². The summed E-state index contributed by atoms with van der Waals surface area (Å²) in [6.45, 7) is 2.45. The van der Waals surface area contributed by atoms with Crippen LogP contribution in [0.5, 0.6) is 5.75 Å². The van der Waals surface area contributed by atoms with Gasteiger partial charge in [0.15, 0.2) is 0 Å². The van der Waals surface area contributed by atoms with E-state index in [2.05, 4.69) is 5.32 Å². The van der Waals surface area contributed by atoms with Gasteiger partial charge in [-0.25, -0.2) is 0 Å². The van der Waals surface area contributed by atoms with Gasteiger partial charge in [-0.2, -0.15) is 0 Å². The van der Waals surface area contributed by atoms with Gasteiger partial charge in [0.25, 0.3) is 0 Å². The number of aromatic hydroxyl groups is 1. The van der Waals surface area contributed by atoms with Gasteiger partial charge < -0.3 is 10.4 Å². The lowest BCUT2D eigenvalue weighted by Gasteiger charge is -2.16. The third-order valence-electron chi connectivity index (χ3n) is 3.08. The number of halogens is 3. The Morgan fingerprint density at radius 2 is 1.80 bits per heavy atom. The Morgan fingerprint density at radius 3 is 2.50 bits per heavy atom. The fraction of sp³-hybridized carbons (Fsp3) is 0.200. The molecule has 0 aliphatic rings. The van der Waals surface area contributed by atoms with Crippen molar-refractivity contribution in [1.82, 2.24) is 5.32 Å². The van der Waals surface area contributed by atoms with Crippen molar-refractivity contribution in [2.75, 3.05) is 0 Å². The fourth-order valence-electron chi connectivity index (χ4n) is 1.95. The Labute approximate surface area is 133 Å². The van der Waals surface area contributed by atoms with E-state index in [0.717, 1.165) is 5.56 Å². The van der Waals surface area contributed by atoms with Crippen LogP contribution in [0.4, 0.5) is 0 Å². The molecule has 0 heterocycles. The Bertz CT molecular complexity index is 616. The maximum absolute atomic E-state index is 9.90. The van der Waals surface area contributed by atoms with Crippen LogP contribution < -0.4 is 5.32 Å². The highest BCUT2D eigenvalue weighted by atomic mass is 35.5. The van der Waals surface area contributed by atoms with Crippen molar-refractivity contribution in [3.63, 3.8) is 0 Å². The van der Waals surface area contributed by atoms with Gasteiger partial charge in [0.05, 0.1) is 5.02 Å².